The zero-order valence-corrected chi connectivity index (χ0v) is 13.6. The summed E-state index contributed by atoms with van der Waals surface area (Å²) < 4.78 is 14.6. The smallest absolute Gasteiger partial charge is 0.315 e. The lowest BCUT2D eigenvalue weighted by molar-refractivity contribution is -0.133. The summed E-state index contributed by atoms with van der Waals surface area (Å²) in [5, 5.41) is 8.96. The fraction of sp³-hybridized carbons (Fsp3) is 0.267. The highest BCUT2D eigenvalue weighted by Crippen LogP contribution is 2.22. The van der Waals surface area contributed by atoms with Crippen molar-refractivity contribution < 1.29 is 14.0 Å². The van der Waals surface area contributed by atoms with Crippen LogP contribution >= 0.6 is 11.6 Å². The van der Waals surface area contributed by atoms with Gasteiger partial charge >= 0.3 is 11.8 Å². The van der Waals surface area contributed by atoms with Crippen LogP contribution in [0.5, 0.6) is 0 Å². The van der Waals surface area contributed by atoms with E-state index in [-0.39, 0.29) is 16.8 Å². The average molecular weight is 339 g/mol. The van der Waals surface area contributed by atoms with Gasteiger partial charge in [0.1, 0.15) is 5.82 Å². The van der Waals surface area contributed by atoms with Crippen LogP contribution in [0.15, 0.2) is 24.4 Å². The summed E-state index contributed by atoms with van der Waals surface area (Å²) in [7, 11) is 0. The highest BCUT2D eigenvalue weighted by Gasteiger charge is 2.18. The maximum absolute atomic E-state index is 13.0. The molecule has 0 radical (unpaired) electrons. The van der Waals surface area contributed by atoms with Crippen molar-refractivity contribution >= 4 is 34.9 Å². The van der Waals surface area contributed by atoms with Gasteiger partial charge in [-0.25, -0.2) is 4.39 Å². The highest BCUT2D eigenvalue weighted by molar-refractivity contribution is 6.44. The van der Waals surface area contributed by atoms with Crippen LogP contribution in [-0.2, 0) is 9.59 Å². The van der Waals surface area contributed by atoms with E-state index in [2.05, 4.69) is 15.7 Å². The molecule has 0 unspecified atom stereocenters. The van der Waals surface area contributed by atoms with Crippen LogP contribution < -0.4 is 10.6 Å². The number of halogens is 2. The number of nitrogens with zero attached hydrogens (tertiary/aromatic N) is 2. The van der Waals surface area contributed by atoms with Gasteiger partial charge in [0.15, 0.2) is 5.82 Å². The summed E-state index contributed by atoms with van der Waals surface area (Å²) in [5.41, 5.74) is 0.886. The van der Waals surface area contributed by atoms with E-state index in [9.17, 15) is 14.0 Å². The van der Waals surface area contributed by atoms with Crippen molar-refractivity contribution in [2.75, 3.05) is 10.6 Å². The standard InChI is InChI=1S/C15H16ClFN4O2/c1-8(2)21-7-9(3)13(20-21)19-15(23)14(22)18-12-5-4-10(17)6-11(12)16/h4-8H,1-3H3,(H,18,22)(H,19,20,23). The lowest BCUT2D eigenvalue weighted by atomic mass is 10.3. The molecule has 0 aliphatic rings. The molecule has 0 fully saturated rings. The van der Waals surface area contributed by atoms with E-state index in [0.29, 0.717) is 5.82 Å². The summed E-state index contributed by atoms with van der Waals surface area (Å²) in [5.74, 6) is -2.03. The van der Waals surface area contributed by atoms with E-state index >= 15 is 0 Å². The molecule has 8 heteroatoms. The van der Waals surface area contributed by atoms with Crippen LogP contribution in [-0.4, -0.2) is 21.6 Å². The first-order valence-electron chi connectivity index (χ1n) is 6.91. The van der Waals surface area contributed by atoms with Gasteiger partial charge in [-0.05, 0) is 39.0 Å². The first-order valence-corrected chi connectivity index (χ1v) is 7.29. The molecular weight excluding hydrogens is 323 g/mol. The van der Waals surface area contributed by atoms with E-state index in [1.54, 1.807) is 17.8 Å². The van der Waals surface area contributed by atoms with Gasteiger partial charge in [-0.1, -0.05) is 11.6 Å². The van der Waals surface area contributed by atoms with Crippen molar-refractivity contribution in [3.05, 3.63) is 40.8 Å². The molecule has 2 amide bonds. The molecule has 122 valence electrons. The van der Waals surface area contributed by atoms with Gasteiger partial charge in [-0.15, -0.1) is 0 Å². The van der Waals surface area contributed by atoms with Crippen LogP contribution in [0.3, 0.4) is 0 Å². The van der Waals surface area contributed by atoms with Crippen molar-refractivity contribution in [1.29, 1.82) is 0 Å². The van der Waals surface area contributed by atoms with Crippen molar-refractivity contribution in [2.24, 2.45) is 0 Å². The molecule has 0 saturated carbocycles. The Morgan fingerprint density at radius 3 is 2.48 bits per heavy atom. The van der Waals surface area contributed by atoms with Gasteiger partial charge in [0.05, 0.1) is 10.7 Å². The minimum absolute atomic E-state index is 0.00594. The minimum atomic E-state index is -0.919. The van der Waals surface area contributed by atoms with Crippen LogP contribution in [0, 0.1) is 12.7 Å². The fourth-order valence-corrected chi connectivity index (χ4v) is 2.02. The Balaban J connectivity index is 2.07. The Labute approximate surface area is 137 Å². The summed E-state index contributed by atoms with van der Waals surface area (Å²) in [6.45, 7) is 5.67. The second-order valence-corrected chi connectivity index (χ2v) is 5.67. The molecule has 0 aliphatic carbocycles. The first kappa shape index (κ1) is 17.0. The number of nitrogens with one attached hydrogen (secondary N) is 2. The third kappa shape index (κ3) is 4.07. The number of benzene rings is 1. The van der Waals surface area contributed by atoms with Gasteiger partial charge in [-0.2, -0.15) is 5.10 Å². The van der Waals surface area contributed by atoms with Gasteiger partial charge < -0.3 is 10.6 Å². The topological polar surface area (TPSA) is 76.0 Å². The SMILES string of the molecule is Cc1cn(C(C)C)nc1NC(=O)C(=O)Nc1ccc(F)cc1Cl. The molecule has 2 aromatic rings. The predicted molar refractivity (Wildman–Crippen MR) is 86.0 cm³/mol. The van der Waals surface area contributed by atoms with Crippen LogP contribution in [0.25, 0.3) is 0 Å². The zero-order valence-electron chi connectivity index (χ0n) is 12.9. The van der Waals surface area contributed by atoms with Gasteiger partial charge in [-0.3, -0.25) is 14.3 Å². The molecule has 2 N–H and O–H groups in total. The average Bonchev–Trinajstić information content (AvgIpc) is 2.83. The second-order valence-electron chi connectivity index (χ2n) is 5.27. The van der Waals surface area contributed by atoms with Crippen molar-refractivity contribution in [1.82, 2.24) is 9.78 Å². The molecule has 1 heterocycles. The normalized spacial score (nSPS) is 10.7. The van der Waals surface area contributed by atoms with E-state index in [0.717, 1.165) is 17.7 Å². The molecule has 6 nitrogen and oxygen atoms in total. The lowest BCUT2D eigenvalue weighted by Crippen LogP contribution is -2.29. The second kappa shape index (κ2) is 6.78. The van der Waals surface area contributed by atoms with E-state index in [4.69, 9.17) is 11.6 Å². The number of amides is 2. The molecule has 1 aromatic carbocycles. The molecule has 0 spiro atoms. The minimum Gasteiger partial charge on any atom is -0.316 e. The van der Waals surface area contributed by atoms with Crippen LogP contribution in [0.4, 0.5) is 15.9 Å². The monoisotopic (exact) mass is 338 g/mol. The Morgan fingerprint density at radius 2 is 1.91 bits per heavy atom. The summed E-state index contributed by atoms with van der Waals surface area (Å²) in [6.07, 6.45) is 1.77. The zero-order chi connectivity index (χ0) is 17.1. The maximum Gasteiger partial charge on any atom is 0.315 e. The van der Waals surface area contributed by atoms with Crippen LogP contribution in [0.2, 0.25) is 5.02 Å². The van der Waals surface area contributed by atoms with Crippen molar-refractivity contribution in [2.45, 2.75) is 26.8 Å². The highest BCUT2D eigenvalue weighted by atomic mass is 35.5. The number of anilines is 2. The number of hydrogen-bond donors (Lipinski definition) is 2. The molecule has 0 bridgehead atoms. The Hall–Kier alpha value is -2.41. The number of carbonyl (C=O) groups excluding carboxylic acids is 2. The van der Waals surface area contributed by atoms with Crippen LogP contribution in [0.1, 0.15) is 25.5 Å². The maximum atomic E-state index is 13.0. The quantitative estimate of drug-likeness (QED) is 0.844. The van der Waals surface area contributed by atoms with Crippen molar-refractivity contribution in [3.63, 3.8) is 0 Å². The van der Waals surface area contributed by atoms with Gasteiger partial charge in [0.2, 0.25) is 0 Å². The number of aromatic nitrogens is 2. The first-order chi connectivity index (χ1) is 10.8. The van der Waals surface area contributed by atoms with E-state index in [1.807, 2.05) is 13.8 Å². The molecule has 0 atom stereocenters. The van der Waals surface area contributed by atoms with E-state index in [1.165, 1.54) is 6.07 Å². The molecule has 23 heavy (non-hydrogen) atoms. The van der Waals surface area contributed by atoms with Gasteiger partial charge in [0, 0.05) is 17.8 Å². The molecule has 0 aliphatic heterocycles. The number of carbonyl (C=O) groups is 2. The third-order valence-electron chi connectivity index (χ3n) is 3.06. The molecule has 0 saturated heterocycles. The number of aryl methyl sites for hydroxylation is 1. The summed E-state index contributed by atoms with van der Waals surface area (Å²) in [6, 6.07) is 3.59. The third-order valence-corrected chi connectivity index (χ3v) is 3.37. The summed E-state index contributed by atoms with van der Waals surface area (Å²) in [4.78, 5) is 23.8. The molecular formula is C15H16ClFN4O2. The molecule has 1 aromatic heterocycles. The number of hydrogen-bond acceptors (Lipinski definition) is 3. The Morgan fingerprint density at radius 1 is 1.26 bits per heavy atom. The van der Waals surface area contributed by atoms with E-state index < -0.39 is 17.6 Å². The Kier molecular flexibility index (Phi) is 5.00. The Bertz CT molecular complexity index is 758. The molecule has 2 rings (SSSR count). The van der Waals surface area contributed by atoms with Gasteiger partial charge in [0.25, 0.3) is 0 Å². The predicted octanol–water partition coefficient (Wildman–Crippen LogP) is 3.14. The largest absolute Gasteiger partial charge is 0.316 e. The lowest BCUT2D eigenvalue weighted by Gasteiger charge is -2.07. The number of rotatable bonds is 3. The van der Waals surface area contributed by atoms with Crippen molar-refractivity contribution in [3.8, 4) is 0 Å². The summed E-state index contributed by atoms with van der Waals surface area (Å²) >= 11 is 5.80. The fourth-order valence-electron chi connectivity index (χ4n) is 1.81.